The third-order valence-electron chi connectivity index (χ3n) is 3.64. The lowest BCUT2D eigenvalue weighted by atomic mass is 10.2. The quantitative estimate of drug-likeness (QED) is 0.661. The first-order valence-corrected chi connectivity index (χ1v) is 8.96. The van der Waals surface area contributed by atoms with Gasteiger partial charge in [-0.25, -0.2) is 4.79 Å². The second-order valence-electron chi connectivity index (χ2n) is 6.58. The number of esters is 1. The smallest absolute Gasteiger partial charge is 0.344 e. The molecule has 0 radical (unpaired) electrons. The number of nitrogens with one attached hydrogen (secondary N) is 2. The number of benzene rings is 2. The van der Waals surface area contributed by atoms with Crippen LogP contribution in [0.25, 0.3) is 0 Å². The number of carbonyl (C=O) groups excluding carboxylic acids is 2. The fraction of sp³-hybridized carbons (Fsp3) is 0.333. The molecule has 0 fully saturated rings. The highest BCUT2D eigenvalue weighted by atomic mass is 16.6. The van der Waals surface area contributed by atoms with Gasteiger partial charge < -0.3 is 20.1 Å². The molecule has 0 heterocycles. The average molecular weight is 370 g/mol. The van der Waals surface area contributed by atoms with E-state index >= 15 is 0 Å². The van der Waals surface area contributed by atoms with Gasteiger partial charge in [-0.3, -0.25) is 4.79 Å². The molecule has 0 aliphatic rings. The van der Waals surface area contributed by atoms with E-state index in [-0.39, 0.29) is 12.5 Å². The standard InChI is InChI=1S/C21H26N2O4/c1-15(2)13-22-21(25)16(3)27-20(24)14-26-19-11-9-18(10-12-19)23-17-7-5-4-6-8-17/h4-12,15-16,23H,13-14H2,1-3H3,(H,22,25)/t16-/m0/s1. The van der Waals surface area contributed by atoms with Crippen molar-refractivity contribution >= 4 is 23.3 Å². The van der Waals surface area contributed by atoms with Gasteiger partial charge in [0.2, 0.25) is 0 Å². The van der Waals surface area contributed by atoms with Gasteiger partial charge in [0.15, 0.2) is 12.7 Å². The van der Waals surface area contributed by atoms with Crippen molar-refractivity contribution in [1.29, 1.82) is 0 Å². The Morgan fingerprint density at radius 1 is 0.926 bits per heavy atom. The molecular formula is C21H26N2O4. The van der Waals surface area contributed by atoms with E-state index in [9.17, 15) is 9.59 Å². The molecule has 1 atom stereocenters. The number of hydrogen-bond donors (Lipinski definition) is 2. The largest absolute Gasteiger partial charge is 0.482 e. The highest BCUT2D eigenvalue weighted by molar-refractivity contribution is 5.83. The van der Waals surface area contributed by atoms with Crippen LogP contribution in [0.2, 0.25) is 0 Å². The third-order valence-corrected chi connectivity index (χ3v) is 3.64. The van der Waals surface area contributed by atoms with E-state index in [1.165, 1.54) is 6.92 Å². The number of hydrogen-bond acceptors (Lipinski definition) is 5. The molecule has 27 heavy (non-hydrogen) atoms. The monoisotopic (exact) mass is 370 g/mol. The van der Waals surface area contributed by atoms with Crippen LogP contribution in [0.4, 0.5) is 11.4 Å². The zero-order chi connectivity index (χ0) is 19.6. The lowest BCUT2D eigenvalue weighted by Crippen LogP contribution is -2.38. The molecule has 0 aliphatic heterocycles. The van der Waals surface area contributed by atoms with Crippen molar-refractivity contribution in [1.82, 2.24) is 5.32 Å². The van der Waals surface area contributed by atoms with Gasteiger partial charge in [0.1, 0.15) is 5.75 Å². The summed E-state index contributed by atoms with van der Waals surface area (Å²) in [6, 6.07) is 17.0. The van der Waals surface area contributed by atoms with E-state index in [0.717, 1.165) is 11.4 Å². The van der Waals surface area contributed by atoms with Crippen molar-refractivity contribution in [3.05, 3.63) is 54.6 Å². The maximum Gasteiger partial charge on any atom is 0.344 e. The molecule has 144 valence electrons. The summed E-state index contributed by atoms with van der Waals surface area (Å²) in [4.78, 5) is 23.6. The Morgan fingerprint density at radius 2 is 1.56 bits per heavy atom. The van der Waals surface area contributed by atoms with E-state index < -0.39 is 12.1 Å². The van der Waals surface area contributed by atoms with Crippen LogP contribution in [-0.2, 0) is 14.3 Å². The Kier molecular flexibility index (Phi) is 7.67. The van der Waals surface area contributed by atoms with Crippen molar-refractivity contribution in [3.63, 3.8) is 0 Å². The number of para-hydroxylation sites is 1. The SMILES string of the molecule is CC(C)CNC(=O)[C@H](C)OC(=O)COc1ccc(Nc2ccccc2)cc1. The summed E-state index contributed by atoms with van der Waals surface area (Å²) in [7, 11) is 0. The fourth-order valence-electron chi connectivity index (χ4n) is 2.20. The zero-order valence-corrected chi connectivity index (χ0v) is 15.9. The normalized spacial score (nSPS) is 11.6. The molecule has 0 unspecified atom stereocenters. The zero-order valence-electron chi connectivity index (χ0n) is 15.9. The van der Waals surface area contributed by atoms with Crippen molar-refractivity contribution in [3.8, 4) is 5.75 Å². The maximum absolute atomic E-state index is 11.8. The van der Waals surface area contributed by atoms with Gasteiger partial charge >= 0.3 is 5.97 Å². The summed E-state index contributed by atoms with van der Waals surface area (Å²) in [6.45, 7) is 5.81. The van der Waals surface area contributed by atoms with Gasteiger partial charge in [-0.15, -0.1) is 0 Å². The minimum absolute atomic E-state index is 0.257. The number of amides is 1. The topological polar surface area (TPSA) is 76.7 Å². The molecule has 0 saturated carbocycles. The molecule has 0 aromatic heterocycles. The Morgan fingerprint density at radius 3 is 2.19 bits per heavy atom. The first-order chi connectivity index (χ1) is 12.9. The fourth-order valence-corrected chi connectivity index (χ4v) is 2.20. The molecule has 6 heteroatoms. The molecule has 0 spiro atoms. The van der Waals surface area contributed by atoms with Crippen molar-refractivity contribution in [2.45, 2.75) is 26.9 Å². The summed E-state index contributed by atoms with van der Waals surface area (Å²) in [5.74, 6) is -0.0240. The summed E-state index contributed by atoms with van der Waals surface area (Å²) >= 11 is 0. The van der Waals surface area contributed by atoms with E-state index in [1.54, 1.807) is 12.1 Å². The number of ether oxygens (including phenoxy) is 2. The Hall–Kier alpha value is -3.02. The van der Waals surface area contributed by atoms with Crippen LogP contribution in [-0.4, -0.2) is 31.1 Å². The van der Waals surface area contributed by atoms with Crippen LogP contribution >= 0.6 is 0 Å². The van der Waals surface area contributed by atoms with Crippen LogP contribution in [0.15, 0.2) is 54.6 Å². The van der Waals surface area contributed by atoms with Crippen LogP contribution < -0.4 is 15.4 Å². The van der Waals surface area contributed by atoms with Gasteiger partial charge in [-0.1, -0.05) is 32.0 Å². The number of anilines is 2. The van der Waals surface area contributed by atoms with Crippen LogP contribution in [0.3, 0.4) is 0 Å². The predicted molar refractivity (Wildman–Crippen MR) is 105 cm³/mol. The van der Waals surface area contributed by atoms with E-state index in [4.69, 9.17) is 9.47 Å². The lowest BCUT2D eigenvalue weighted by molar-refractivity contribution is -0.156. The molecule has 2 aromatic carbocycles. The molecule has 0 bridgehead atoms. The minimum Gasteiger partial charge on any atom is -0.482 e. The Labute approximate surface area is 159 Å². The van der Waals surface area contributed by atoms with Gasteiger partial charge in [0.25, 0.3) is 5.91 Å². The van der Waals surface area contributed by atoms with Gasteiger partial charge in [-0.2, -0.15) is 0 Å². The Bertz CT molecular complexity index is 730. The van der Waals surface area contributed by atoms with Gasteiger partial charge in [-0.05, 0) is 49.2 Å². The summed E-state index contributed by atoms with van der Waals surface area (Å²) in [5, 5.41) is 5.99. The summed E-state index contributed by atoms with van der Waals surface area (Å²) in [5.41, 5.74) is 1.89. The molecular weight excluding hydrogens is 344 g/mol. The maximum atomic E-state index is 11.8. The van der Waals surface area contributed by atoms with Crippen molar-refractivity contribution in [2.75, 3.05) is 18.5 Å². The average Bonchev–Trinajstić information content (AvgIpc) is 2.66. The Balaban J connectivity index is 1.75. The molecule has 2 rings (SSSR count). The highest BCUT2D eigenvalue weighted by Crippen LogP contribution is 2.19. The predicted octanol–water partition coefficient (Wildman–Crippen LogP) is 3.51. The summed E-state index contributed by atoms with van der Waals surface area (Å²) < 4.78 is 10.5. The van der Waals surface area contributed by atoms with E-state index in [2.05, 4.69) is 10.6 Å². The van der Waals surface area contributed by atoms with Gasteiger partial charge in [0.05, 0.1) is 0 Å². The molecule has 2 N–H and O–H groups in total. The van der Waals surface area contributed by atoms with Crippen molar-refractivity contribution in [2.24, 2.45) is 5.92 Å². The lowest BCUT2D eigenvalue weighted by Gasteiger charge is -2.15. The summed E-state index contributed by atoms with van der Waals surface area (Å²) in [6.07, 6.45) is -0.850. The third kappa shape index (κ3) is 7.40. The molecule has 1 amide bonds. The molecule has 0 saturated heterocycles. The van der Waals surface area contributed by atoms with E-state index in [0.29, 0.717) is 18.2 Å². The molecule has 2 aromatic rings. The number of carbonyl (C=O) groups is 2. The highest BCUT2D eigenvalue weighted by Gasteiger charge is 2.18. The van der Waals surface area contributed by atoms with E-state index in [1.807, 2.05) is 56.3 Å². The van der Waals surface area contributed by atoms with Gasteiger partial charge in [0, 0.05) is 17.9 Å². The van der Waals surface area contributed by atoms with Crippen LogP contribution in [0.1, 0.15) is 20.8 Å². The second kappa shape index (κ2) is 10.2. The molecule has 0 aliphatic carbocycles. The van der Waals surface area contributed by atoms with Crippen LogP contribution in [0, 0.1) is 5.92 Å². The van der Waals surface area contributed by atoms with Crippen LogP contribution in [0.5, 0.6) is 5.75 Å². The second-order valence-corrected chi connectivity index (χ2v) is 6.58. The molecule has 6 nitrogen and oxygen atoms in total. The minimum atomic E-state index is -0.850. The number of rotatable bonds is 9. The first-order valence-electron chi connectivity index (χ1n) is 8.96. The first kappa shape index (κ1) is 20.3. The van der Waals surface area contributed by atoms with Crippen molar-refractivity contribution < 1.29 is 19.1 Å².